The first-order valence-electron chi connectivity index (χ1n) is 10.6. The number of allylic oxidation sites excluding steroid dienone is 1. The first kappa shape index (κ1) is 21.5. The highest BCUT2D eigenvalue weighted by atomic mass is 16.5. The molecule has 0 spiro atoms. The minimum atomic E-state index is -0.289. The zero-order chi connectivity index (χ0) is 22.3. The fourth-order valence-electron chi connectivity index (χ4n) is 3.44. The molecule has 0 fully saturated rings. The molecule has 3 heterocycles. The van der Waals surface area contributed by atoms with Crippen LogP contribution in [0.4, 0.5) is 5.82 Å². The summed E-state index contributed by atoms with van der Waals surface area (Å²) in [4.78, 5) is 18.3. The summed E-state index contributed by atoms with van der Waals surface area (Å²) in [6.45, 7) is 4.88. The maximum absolute atomic E-state index is 9.46. The van der Waals surface area contributed by atoms with Gasteiger partial charge in [0.15, 0.2) is 17.3 Å². The van der Waals surface area contributed by atoms with E-state index in [1.807, 2.05) is 29.7 Å². The van der Waals surface area contributed by atoms with Crippen molar-refractivity contribution in [1.29, 1.82) is 5.26 Å². The van der Waals surface area contributed by atoms with Crippen LogP contribution in [0.3, 0.4) is 0 Å². The second-order valence-electron chi connectivity index (χ2n) is 7.40. The first-order valence-corrected chi connectivity index (χ1v) is 10.6. The van der Waals surface area contributed by atoms with Crippen LogP contribution in [-0.2, 0) is 17.7 Å². The number of fused-ring (bicyclic) bond motifs is 1. The average molecular weight is 432 g/mol. The summed E-state index contributed by atoms with van der Waals surface area (Å²) < 4.78 is 7.44. The normalized spacial score (nSPS) is 15.5. The van der Waals surface area contributed by atoms with Crippen LogP contribution in [0.1, 0.15) is 18.3 Å². The van der Waals surface area contributed by atoms with Crippen LogP contribution in [0.5, 0.6) is 5.75 Å². The van der Waals surface area contributed by atoms with Gasteiger partial charge in [-0.2, -0.15) is 5.26 Å². The molecule has 2 aromatic heterocycles. The lowest BCUT2D eigenvalue weighted by Crippen LogP contribution is -2.12. The molecule has 1 unspecified atom stereocenters. The number of hydrogen-bond donors (Lipinski definition) is 2. The van der Waals surface area contributed by atoms with Crippen LogP contribution in [-0.4, -0.2) is 57.1 Å². The number of nitrogens with zero attached hydrogens (tertiary/aromatic N) is 6. The first-order chi connectivity index (χ1) is 15.7. The number of phenolic OH excluding ortho intramolecular Hbond substituents is 1. The van der Waals surface area contributed by atoms with Gasteiger partial charge in [-0.25, -0.2) is 15.0 Å². The van der Waals surface area contributed by atoms with Crippen molar-refractivity contribution in [3.05, 3.63) is 48.1 Å². The van der Waals surface area contributed by atoms with Gasteiger partial charge >= 0.3 is 0 Å². The molecule has 32 heavy (non-hydrogen) atoms. The highest BCUT2D eigenvalue weighted by Gasteiger charge is 2.18. The smallest absolute Gasteiger partial charge is 0.166 e. The zero-order valence-corrected chi connectivity index (χ0v) is 17.9. The van der Waals surface area contributed by atoms with E-state index in [1.54, 1.807) is 24.7 Å². The molecular weight excluding hydrogens is 406 g/mol. The third-order valence-electron chi connectivity index (χ3n) is 5.12. The van der Waals surface area contributed by atoms with E-state index in [4.69, 9.17) is 14.7 Å². The quantitative estimate of drug-likeness (QED) is 0.500. The van der Waals surface area contributed by atoms with Crippen molar-refractivity contribution in [3.8, 4) is 11.8 Å². The molecular formula is C23H25N7O2. The van der Waals surface area contributed by atoms with E-state index in [0.717, 1.165) is 17.6 Å². The second kappa shape index (κ2) is 10.0. The Balaban J connectivity index is 1.63. The summed E-state index contributed by atoms with van der Waals surface area (Å²) in [5, 5.41) is 22.1. The third-order valence-corrected chi connectivity index (χ3v) is 5.12. The molecule has 1 atom stereocenters. The van der Waals surface area contributed by atoms with E-state index in [-0.39, 0.29) is 11.7 Å². The van der Waals surface area contributed by atoms with E-state index in [9.17, 15) is 10.4 Å². The van der Waals surface area contributed by atoms with Crippen molar-refractivity contribution in [2.75, 3.05) is 31.6 Å². The monoisotopic (exact) mass is 431 g/mol. The maximum Gasteiger partial charge on any atom is 0.166 e. The molecule has 4 rings (SSSR count). The van der Waals surface area contributed by atoms with Crippen LogP contribution in [0.15, 0.2) is 41.7 Å². The van der Waals surface area contributed by atoms with Crippen molar-refractivity contribution < 1.29 is 9.84 Å². The number of aromatic nitrogens is 4. The number of dihydropyridines is 1. The fraction of sp³-hybridized carbons (Fsp3) is 0.348. The summed E-state index contributed by atoms with van der Waals surface area (Å²) in [7, 11) is 0. The van der Waals surface area contributed by atoms with Crippen molar-refractivity contribution in [1.82, 2.24) is 19.5 Å². The zero-order valence-electron chi connectivity index (χ0n) is 17.9. The number of benzene rings is 1. The molecule has 164 valence electrons. The number of rotatable bonds is 9. The largest absolute Gasteiger partial charge is 0.508 e. The highest BCUT2D eigenvalue weighted by Crippen LogP contribution is 2.24. The molecule has 1 aromatic carbocycles. The van der Waals surface area contributed by atoms with Crippen molar-refractivity contribution >= 4 is 28.8 Å². The van der Waals surface area contributed by atoms with Gasteiger partial charge < -0.3 is 19.7 Å². The number of anilines is 1. The van der Waals surface area contributed by atoms with Gasteiger partial charge in [-0.05, 0) is 31.0 Å². The number of aromatic hydroxyl groups is 1. The van der Waals surface area contributed by atoms with Gasteiger partial charge in [0.2, 0.25) is 0 Å². The van der Waals surface area contributed by atoms with Gasteiger partial charge in [-0.1, -0.05) is 18.2 Å². The van der Waals surface area contributed by atoms with E-state index in [2.05, 4.69) is 21.4 Å². The molecule has 9 heteroatoms. The summed E-state index contributed by atoms with van der Waals surface area (Å²) in [5.41, 5.74) is 3.21. The summed E-state index contributed by atoms with van der Waals surface area (Å²) >= 11 is 0. The standard InChI is InChI=1S/C23H25N7O2/c1-2-32-10-9-30-15-27-20-22(26-8-7-16-3-5-19(31)6-4-16)28-21(29-23(20)30)18-11-17(12-24)13-25-14-18/h3-6,11,14-15,17,31H,2,7-10,13H2,1H3,(H,26,28,29). The van der Waals surface area contributed by atoms with Crippen LogP contribution in [0.2, 0.25) is 0 Å². The highest BCUT2D eigenvalue weighted by molar-refractivity contribution is 6.09. The molecule has 3 aromatic rings. The fourth-order valence-corrected chi connectivity index (χ4v) is 3.44. The molecule has 0 radical (unpaired) electrons. The molecule has 0 bridgehead atoms. The topological polar surface area (TPSA) is 121 Å². The summed E-state index contributed by atoms with van der Waals surface area (Å²) in [6, 6.07) is 9.38. The SMILES string of the molecule is CCOCCn1cnc2c(NCCc3ccc(O)cc3)nc(C3=CC(C#N)CN=C3)nc21. The average Bonchev–Trinajstić information content (AvgIpc) is 3.23. The number of ether oxygens (including phenoxy) is 1. The lowest BCUT2D eigenvalue weighted by atomic mass is 10.0. The molecule has 0 saturated carbocycles. The Kier molecular flexibility index (Phi) is 6.72. The number of nitrogens with one attached hydrogen (secondary N) is 1. The van der Waals surface area contributed by atoms with Crippen molar-refractivity contribution in [3.63, 3.8) is 0 Å². The maximum atomic E-state index is 9.46. The van der Waals surface area contributed by atoms with Gasteiger partial charge in [0.05, 0.1) is 31.5 Å². The third kappa shape index (κ3) is 4.92. The lowest BCUT2D eigenvalue weighted by Gasteiger charge is -2.13. The second-order valence-corrected chi connectivity index (χ2v) is 7.40. The molecule has 1 aliphatic heterocycles. The van der Waals surface area contributed by atoms with Crippen LogP contribution >= 0.6 is 0 Å². The van der Waals surface area contributed by atoms with Gasteiger partial charge in [0.25, 0.3) is 0 Å². The minimum absolute atomic E-state index is 0.250. The Labute approximate surface area is 186 Å². The summed E-state index contributed by atoms with van der Waals surface area (Å²) in [6.07, 6.45) is 6.08. The lowest BCUT2D eigenvalue weighted by molar-refractivity contribution is 0.139. The number of phenols is 1. The van der Waals surface area contributed by atoms with Crippen LogP contribution in [0, 0.1) is 17.2 Å². The van der Waals surface area contributed by atoms with E-state index >= 15 is 0 Å². The van der Waals surface area contributed by atoms with Gasteiger partial charge in [0.1, 0.15) is 11.3 Å². The molecule has 0 saturated heterocycles. The number of hydrogen-bond acceptors (Lipinski definition) is 8. The Hall–Kier alpha value is -3.77. The minimum Gasteiger partial charge on any atom is -0.508 e. The number of nitriles is 1. The van der Waals surface area contributed by atoms with E-state index in [0.29, 0.717) is 55.7 Å². The number of aliphatic imine (C=N–C) groups is 1. The Morgan fingerprint density at radius 1 is 1.28 bits per heavy atom. The van der Waals surface area contributed by atoms with Gasteiger partial charge in [-0.15, -0.1) is 0 Å². The predicted molar refractivity (Wildman–Crippen MR) is 123 cm³/mol. The van der Waals surface area contributed by atoms with Crippen LogP contribution < -0.4 is 5.32 Å². The Morgan fingerprint density at radius 3 is 2.91 bits per heavy atom. The van der Waals surface area contributed by atoms with Crippen molar-refractivity contribution in [2.45, 2.75) is 19.9 Å². The Morgan fingerprint density at radius 2 is 2.12 bits per heavy atom. The molecule has 9 nitrogen and oxygen atoms in total. The van der Waals surface area contributed by atoms with Gasteiger partial charge in [-0.3, -0.25) is 4.99 Å². The van der Waals surface area contributed by atoms with E-state index < -0.39 is 0 Å². The molecule has 1 aliphatic rings. The summed E-state index contributed by atoms with van der Waals surface area (Å²) in [5.74, 6) is 1.10. The van der Waals surface area contributed by atoms with Gasteiger partial charge in [0, 0.05) is 31.5 Å². The van der Waals surface area contributed by atoms with Crippen molar-refractivity contribution in [2.24, 2.45) is 10.9 Å². The Bertz CT molecular complexity index is 1180. The molecule has 2 N–H and O–H groups in total. The molecule has 0 amide bonds. The number of imidazole rings is 1. The predicted octanol–water partition coefficient (Wildman–Crippen LogP) is 2.83. The van der Waals surface area contributed by atoms with Crippen LogP contribution in [0.25, 0.3) is 16.7 Å². The van der Waals surface area contributed by atoms with E-state index in [1.165, 1.54) is 0 Å². The molecule has 0 aliphatic carbocycles.